The minimum Gasteiger partial charge on any atom is -0.507 e. The number of carbonyl (C=O) groups is 2. The third-order valence-corrected chi connectivity index (χ3v) is 10.0. The molecule has 6 rings (SSSR count). The van der Waals surface area contributed by atoms with Gasteiger partial charge in [-0.05, 0) is 72.1 Å². The molecule has 0 spiro atoms. The standard InChI is InChI=1S/C36H30ClN3O6S2/c1-21-5-4-6-23(17-21)19-46-27-14-9-24(10-15-27)32(41)30-31(25-11-16-28(44-2)29(18-25)45-3)40(34(43)33(30)42)35-38-39-36(48-35)47-20-22-7-12-26(37)13-8-22/h4-18,31,41H,19-20H2,1-3H3. The molecule has 0 saturated carbocycles. The van der Waals surface area contributed by atoms with E-state index in [2.05, 4.69) is 10.2 Å². The molecule has 1 fully saturated rings. The number of ether oxygens (including phenoxy) is 3. The molecule has 1 saturated heterocycles. The number of ketones is 1. The summed E-state index contributed by atoms with van der Waals surface area (Å²) in [4.78, 5) is 28.7. The topological polar surface area (TPSA) is 111 Å². The maximum Gasteiger partial charge on any atom is 0.301 e. The van der Waals surface area contributed by atoms with Crippen LogP contribution in [0.5, 0.6) is 17.2 Å². The molecule has 1 atom stereocenters. The van der Waals surface area contributed by atoms with Gasteiger partial charge in [0.15, 0.2) is 15.8 Å². The number of aryl methyl sites for hydroxylation is 1. The van der Waals surface area contributed by atoms with E-state index in [4.69, 9.17) is 25.8 Å². The SMILES string of the molecule is COc1ccc(C2C(=C(O)c3ccc(OCc4cccc(C)c4)cc3)C(=O)C(=O)N2c2nnc(SCc3ccc(Cl)cc3)s2)cc1OC. The van der Waals surface area contributed by atoms with Gasteiger partial charge in [0.05, 0.1) is 25.8 Å². The van der Waals surface area contributed by atoms with Gasteiger partial charge in [0.1, 0.15) is 18.1 Å². The van der Waals surface area contributed by atoms with E-state index in [0.717, 1.165) is 16.7 Å². The van der Waals surface area contributed by atoms with Crippen LogP contribution in [0.2, 0.25) is 5.02 Å². The Morgan fingerprint density at radius 1 is 0.917 bits per heavy atom. The molecule has 5 aromatic rings. The van der Waals surface area contributed by atoms with Crippen LogP contribution in [0.3, 0.4) is 0 Å². The lowest BCUT2D eigenvalue weighted by Gasteiger charge is -2.23. The molecule has 1 aliphatic heterocycles. The first-order valence-electron chi connectivity index (χ1n) is 14.8. The smallest absolute Gasteiger partial charge is 0.301 e. The van der Waals surface area contributed by atoms with Crippen molar-refractivity contribution in [3.63, 3.8) is 0 Å². The zero-order valence-electron chi connectivity index (χ0n) is 26.2. The third-order valence-electron chi connectivity index (χ3n) is 7.66. The predicted molar refractivity (Wildman–Crippen MR) is 187 cm³/mol. The van der Waals surface area contributed by atoms with E-state index in [1.165, 1.54) is 42.2 Å². The van der Waals surface area contributed by atoms with Crippen molar-refractivity contribution in [2.75, 3.05) is 19.1 Å². The zero-order valence-corrected chi connectivity index (χ0v) is 28.6. The number of anilines is 1. The molecule has 1 aromatic heterocycles. The monoisotopic (exact) mass is 699 g/mol. The maximum atomic E-state index is 13.7. The highest BCUT2D eigenvalue weighted by Gasteiger charge is 2.48. The quantitative estimate of drug-likeness (QED) is 0.0482. The van der Waals surface area contributed by atoms with Crippen LogP contribution >= 0.6 is 34.7 Å². The first kappa shape index (κ1) is 33.1. The lowest BCUT2D eigenvalue weighted by Crippen LogP contribution is -2.29. The number of Topliss-reactive ketones (excluding diaryl/α,β-unsaturated/α-hetero) is 1. The minimum absolute atomic E-state index is 0.0915. The van der Waals surface area contributed by atoms with E-state index >= 15 is 0 Å². The normalized spacial score (nSPS) is 15.5. The van der Waals surface area contributed by atoms with Crippen LogP contribution < -0.4 is 19.1 Å². The van der Waals surface area contributed by atoms with Crippen molar-refractivity contribution in [1.82, 2.24) is 10.2 Å². The first-order chi connectivity index (χ1) is 23.2. The van der Waals surface area contributed by atoms with Gasteiger partial charge in [0.2, 0.25) is 5.13 Å². The molecule has 1 aliphatic rings. The molecule has 0 bridgehead atoms. The number of hydrogen-bond donors (Lipinski definition) is 1. The molecule has 1 N–H and O–H groups in total. The number of amides is 1. The summed E-state index contributed by atoms with van der Waals surface area (Å²) in [5.74, 6) is 0.0417. The second-order valence-electron chi connectivity index (χ2n) is 10.9. The van der Waals surface area contributed by atoms with Gasteiger partial charge in [-0.1, -0.05) is 82.7 Å². The lowest BCUT2D eigenvalue weighted by molar-refractivity contribution is -0.132. The number of thioether (sulfide) groups is 1. The first-order valence-corrected chi connectivity index (χ1v) is 17.0. The largest absolute Gasteiger partial charge is 0.507 e. The fourth-order valence-electron chi connectivity index (χ4n) is 5.29. The Hall–Kier alpha value is -4.84. The number of hydrogen-bond acceptors (Lipinski definition) is 10. The van der Waals surface area contributed by atoms with Crippen LogP contribution in [0.1, 0.15) is 33.9 Å². The van der Waals surface area contributed by atoms with Gasteiger partial charge in [-0.2, -0.15) is 0 Å². The van der Waals surface area contributed by atoms with E-state index in [-0.39, 0.29) is 16.5 Å². The molecule has 1 amide bonds. The Labute approximate surface area is 290 Å². The summed E-state index contributed by atoms with van der Waals surface area (Å²) in [5.41, 5.74) is 3.97. The van der Waals surface area contributed by atoms with Gasteiger partial charge >= 0.3 is 5.91 Å². The molecule has 4 aromatic carbocycles. The Balaban J connectivity index is 1.33. The Morgan fingerprint density at radius 2 is 1.67 bits per heavy atom. The third kappa shape index (κ3) is 7.03. The van der Waals surface area contributed by atoms with Crippen LogP contribution in [0.25, 0.3) is 5.76 Å². The maximum absolute atomic E-state index is 13.7. The number of benzene rings is 4. The molecule has 244 valence electrons. The zero-order chi connectivity index (χ0) is 33.8. The van der Waals surface area contributed by atoms with Crippen molar-refractivity contribution >= 4 is 57.3 Å². The van der Waals surface area contributed by atoms with Gasteiger partial charge in [-0.3, -0.25) is 14.5 Å². The number of halogens is 1. The van der Waals surface area contributed by atoms with Crippen molar-refractivity contribution < 1.29 is 28.9 Å². The fraction of sp³-hybridized carbons (Fsp3) is 0.167. The summed E-state index contributed by atoms with van der Waals surface area (Å²) < 4.78 is 17.5. The van der Waals surface area contributed by atoms with Gasteiger partial charge in [0.25, 0.3) is 5.78 Å². The highest BCUT2D eigenvalue weighted by atomic mass is 35.5. The summed E-state index contributed by atoms with van der Waals surface area (Å²) in [6, 6.07) is 26.3. The Morgan fingerprint density at radius 3 is 2.38 bits per heavy atom. The number of aliphatic hydroxyl groups is 1. The van der Waals surface area contributed by atoms with Gasteiger partial charge < -0.3 is 19.3 Å². The van der Waals surface area contributed by atoms with E-state index in [0.29, 0.717) is 50.1 Å². The second-order valence-corrected chi connectivity index (χ2v) is 13.5. The molecule has 12 heteroatoms. The lowest BCUT2D eigenvalue weighted by atomic mass is 9.95. The van der Waals surface area contributed by atoms with Crippen molar-refractivity contribution in [1.29, 1.82) is 0 Å². The molecule has 2 heterocycles. The van der Waals surface area contributed by atoms with Crippen LogP contribution in [0.4, 0.5) is 5.13 Å². The van der Waals surface area contributed by atoms with Crippen molar-refractivity contribution in [2.24, 2.45) is 0 Å². The molecule has 0 radical (unpaired) electrons. The molecular formula is C36H30ClN3O6S2. The van der Waals surface area contributed by atoms with E-state index in [1.807, 2.05) is 55.5 Å². The van der Waals surface area contributed by atoms with Crippen molar-refractivity contribution in [3.8, 4) is 17.2 Å². The van der Waals surface area contributed by atoms with Gasteiger partial charge in [0, 0.05) is 16.3 Å². The summed E-state index contributed by atoms with van der Waals surface area (Å²) in [7, 11) is 3.01. The minimum atomic E-state index is -1.02. The number of aromatic nitrogens is 2. The van der Waals surface area contributed by atoms with Crippen LogP contribution in [-0.2, 0) is 21.9 Å². The average molecular weight is 700 g/mol. The van der Waals surface area contributed by atoms with Gasteiger partial charge in [-0.15, -0.1) is 10.2 Å². The van der Waals surface area contributed by atoms with Crippen molar-refractivity contribution in [2.45, 2.75) is 29.7 Å². The highest BCUT2D eigenvalue weighted by molar-refractivity contribution is 8.00. The van der Waals surface area contributed by atoms with Crippen LogP contribution in [0.15, 0.2) is 101 Å². The van der Waals surface area contributed by atoms with E-state index in [9.17, 15) is 14.7 Å². The number of aliphatic hydroxyl groups excluding tert-OH is 1. The van der Waals surface area contributed by atoms with Crippen LogP contribution in [-0.4, -0.2) is 41.2 Å². The summed E-state index contributed by atoms with van der Waals surface area (Å²) in [6.45, 7) is 2.39. The Kier molecular flexibility index (Phi) is 10.00. The van der Waals surface area contributed by atoms with E-state index < -0.39 is 17.7 Å². The Bertz CT molecular complexity index is 2000. The van der Waals surface area contributed by atoms with Crippen molar-refractivity contribution in [3.05, 3.63) is 129 Å². The average Bonchev–Trinajstić information content (AvgIpc) is 3.68. The molecule has 9 nitrogen and oxygen atoms in total. The number of carbonyl (C=O) groups excluding carboxylic acids is 2. The number of methoxy groups -OCH3 is 2. The van der Waals surface area contributed by atoms with E-state index in [1.54, 1.807) is 42.5 Å². The number of nitrogens with zero attached hydrogens (tertiary/aromatic N) is 3. The summed E-state index contributed by atoms with van der Waals surface area (Å²) in [6.07, 6.45) is 0. The molecule has 0 aliphatic carbocycles. The van der Waals surface area contributed by atoms with Crippen LogP contribution in [0, 0.1) is 6.92 Å². The fourth-order valence-corrected chi connectivity index (χ4v) is 7.23. The second kappa shape index (κ2) is 14.5. The number of rotatable bonds is 11. The molecular weight excluding hydrogens is 670 g/mol. The summed E-state index contributed by atoms with van der Waals surface area (Å²) >= 11 is 8.64. The molecule has 1 unspecified atom stereocenters. The highest BCUT2D eigenvalue weighted by Crippen LogP contribution is 2.45. The molecule has 48 heavy (non-hydrogen) atoms. The van der Waals surface area contributed by atoms with Gasteiger partial charge in [-0.25, -0.2) is 0 Å². The summed E-state index contributed by atoms with van der Waals surface area (Å²) in [5, 5.41) is 21.1. The predicted octanol–water partition coefficient (Wildman–Crippen LogP) is 8.01.